The van der Waals surface area contributed by atoms with Gasteiger partial charge in [0.05, 0.1) is 0 Å². The Morgan fingerprint density at radius 3 is 2.57 bits per heavy atom. The van der Waals surface area contributed by atoms with Gasteiger partial charge in [-0.1, -0.05) is 39.3 Å². The molecule has 1 aliphatic rings. The number of benzene rings is 1. The maximum Gasteiger partial charge on any atom is 0.115 e. The van der Waals surface area contributed by atoms with Gasteiger partial charge in [-0.25, -0.2) is 0 Å². The average molecular weight is 290 g/mol. The normalized spacial score (nSPS) is 28.5. The van der Waals surface area contributed by atoms with Crippen LogP contribution in [0.25, 0.3) is 0 Å². The highest BCUT2D eigenvalue weighted by molar-refractivity contribution is 5.26. The van der Waals surface area contributed by atoms with Gasteiger partial charge in [0.1, 0.15) is 5.75 Å². The molecule has 3 heteroatoms. The molecule has 3 nitrogen and oxygen atoms in total. The van der Waals surface area contributed by atoms with Gasteiger partial charge in [-0.2, -0.15) is 0 Å². The second kappa shape index (κ2) is 6.80. The van der Waals surface area contributed by atoms with E-state index in [1.54, 1.807) is 12.1 Å². The van der Waals surface area contributed by atoms with Crippen molar-refractivity contribution in [1.29, 1.82) is 0 Å². The van der Waals surface area contributed by atoms with Gasteiger partial charge in [-0.15, -0.1) is 0 Å². The number of nitrogens with zero attached hydrogens (tertiary/aromatic N) is 1. The Hall–Kier alpha value is -1.06. The molecule has 1 aliphatic heterocycles. The van der Waals surface area contributed by atoms with Crippen molar-refractivity contribution in [2.24, 2.45) is 5.92 Å². The zero-order valence-electron chi connectivity index (χ0n) is 13.9. The molecule has 21 heavy (non-hydrogen) atoms. The molecule has 3 unspecified atom stereocenters. The summed E-state index contributed by atoms with van der Waals surface area (Å²) < 4.78 is 0. The van der Waals surface area contributed by atoms with Crippen molar-refractivity contribution >= 4 is 0 Å². The van der Waals surface area contributed by atoms with Crippen LogP contribution in [0.4, 0.5) is 0 Å². The molecule has 1 fully saturated rings. The van der Waals surface area contributed by atoms with Gasteiger partial charge in [0.25, 0.3) is 0 Å². The molecular weight excluding hydrogens is 260 g/mol. The van der Waals surface area contributed by atoms with E-state index in [0.717, 1.165) is 26.1 Å². The molecule has 1 aromatic rings. The highest BCUT2D eigenvalue weighted by Gasteiger charge is 2.37. The first kappa shape index (κ1) is 16.3. The largest absolute Gasteiger partial charge is 0.508 e. The van der Waals surface area contributed by atoms with E-state index in [2.05, 4.69) is 37.9 Å². The van der Waals surface area contributed by atoms with Gasteiger partial charge in [0, 0.05) is 31.2 Å². The number of piperazine rings is 1. The zero-order chi connectivity index (χ0) is 15.5. The first-order valence-electron chi connectivity index (χ1n) is 8.25. The van der Waals surface area contributed by atoms with Crippen molar-refractivity contribution in [1.82, 2.24) is 10.2 Å². The standard InChI is InChI=1S/C18H30N2O/c1-5-14(3)17-12-20(18(4,6-2)13-19-17)11-15-7-9-16(21)10-8-15/h7-10,14,17,19,21H,5-6,11-13H2,1-4H3. The lowest BCUT2D eigenvalue weighted by atomic mass is 9.87. The fourth-order valence-corrected chi connectivity index (χ4v) is 3.08. The first-order valence-corrected chi connectivity index (χ1v) is 8.25. The molecule has 1 saturated heterocycles. The highest BCUT2D eigenvalue weighted by atomic mass is 16.3. The molecule has 0 bridgehead atoms. The Bertz CT molecular complexity index is 445. The molecule has 2 rings (SSSR count). The SMILES string of the molecule is CCC(C)C1CN(Cc2ccc(O)cc2)C(C)(CC)CN1. The highest BCUT2D eigenvalue weighted by Crippen LogP contribution is 2.27. The Morgan fingerprint density at radius 1 is 1.33 bits per heavy atom. The van der Waals surface area contributed by atoms with Crippen LogP contribution in [0.1, 0.15) is 46.1 Å². The first-order chi connectivity index (χ1) is 9.98. The number of rotatable bonds is 5. The molecule has 1 heterocycles. The van der Waals surface area contributed by atoms with E-state index < -0.39 is 0 Å². The Morgan fingerprint density at radius 2 is 2.00 bits per heavy atom. The summed E-state index contributed by atoms with van der Waals surface area (Å²) in [5, 5.41) is 13.2. The molecule has 3 atom stereocenters. The second-order valence-corrected chi connectivity index (χ2v) is 6.77. The fraction of sp³-hybridized carbons (Fsp3) is 0.667. The van der Waals surface area contributed by atoms with Crippen LogP contribution in [-0.4, -0.2) is 34.7 Å². The van der Waals surface area contributed by atoms with E-state index in [1.807, 2.05) is 12.1 Å². The molecule has 2 N–H and O–H groups in total. The Kier molecular flexibility index (Phi) is 5.28. The summed E-state index contributed by atoms with van der Waals surface area (Å²) in [5.74, 6) is 1.04. The van der Waals surface area contributed by atoms with Crippen molar-refractivity contribution in [3.8, 4) is 5.75 Å². The summed E-state index contributed by atoms with van der Waals surface area (Å²) in [6.45, 7) is 12.3. The maximum atomic E-state index is 9.43. The van der Waals surface area contributed by atoms with Gasteiger partial charge < -0.3 is 10.4 Å². The van der Waals surface area contributed by atoms with Crippen LogP contribution in [-0.2, 0) is 6.54 Å². The lowest BCUT2D eigenvalue weighted by Gasteiger charge is -2.49. The summed E-state index contributed by atoms with van der Waals surface area (Å²) in [4.78, 5) is 2.62. The number of hydrogen-bond acceptors (Lipinski definition) is 3. The van der Waals surface area contributed by atoms with Crippen molar-refractivity contribution in [2.45, 2.75) is 58.7 Å². The van der Waals surface area contributed by atoms with E-state index >= 15 is 0 Å². The van der Waals surface area contributed by atoms with E-state index in [-0.39, 0.29) is 5.54 Å². The van der Waals surface area contributed by atoms with Gasteiger partial charge >= 0.3 is 0 Å². The van der Waals surface area contributed by atoms with Gasteiger partial charge in [0.2, 0.25) is 0 Å². The topological polar surface area (TPSA) is 35.5 Å². The van der Waals surface area contributed by atoms with Crippen LogP contribution < -0.4 is 5.32 Å². The molecule has 0 amide bonds. The van der Waals surface area contributed by atoms with E-state index in [0.29, 0.717) is 17.7 Å². The molecule has 0 aliphatic carbocycles. The molecule has 1 aromatic carbocycles. The molecule has 118 valence electrons. The number of phenolic OH excluding ortho intramolecular Hbond substituents is 1. The molecule has 0 aromatic heterocycles. The van der Waals surface area contributed by atoms with Crippen molar-refractivity contribution in [3.63, 3.8) is 0 Å². The minimum absolute atomic E-state index is 0.210. The lowest BCUT2D eigenvalue weighted by molar-refractivity contribution is 0.0294. The smallest absolute Gasteiger partial charge is 0.115 e. The van der Waals surface area contributed by atoms with Crippen molar-refractivity contribution in [3.05, 3.63) is 29.8 Å². The van der Waals surface area contributed by atoms with Crippen LogP contribution in [0.15, 0.2) is 24.3 Å². The summed E-state index contributed by atoms with van der Waals surface area (Å²) in [6.07, 6.45) is 2.36. The maximum absolute atomic E-state index is 9.43. The minimum Gasteiger partial charge on any atom is -0.508 e. The quantitative estimate of drug-likeness (QED) is 0.872. The minimum atomic E-state index is 0.210. The van der Waals surface area contributed by atoms with E-state index in [4.69, 9.17) is 0 Å². The van der Waals surface area contributed by atoms with E-state index in [9.17, 15) is 5.11 Å². The van der Waals surface area contributed by atoms with Crippen LogP contribution in [0.3, 0.4) is 0 Å². The molecule has 0 radical (unpaired) electrons. The van der Waals surface area contributed by atoms with Gasteiger partial charge in [0.15, 0.2) is 0 Å². The van der Waals surface area contributed by atoms with Crippen molar-refractivity contribution < 1.29 is 5.11 Å². The van der Waals surface area contributed by atoms with Crippen molar-refractivity contribution in [2.75, 3.05) is 13.1 Å². The third kappa shape index (κ3) is 3.78. The monoisotopic (exact) mass is 290 g/mol. The predicted octanol–water partition coefficient (Wildman–Crippen LogP) is 3.38. The summed E-state index contributed by atoms with van der Waals surface area (Å²) in [5.41, 5.74) is 1.49. The molecule has 0 saturated carbocycles. The molecule has 0 spiro atoms. The van der Waals surface area contributed by atoms with E-state index in [1.165, 1.54) is 12.0 Å². The molecular formula is C18H30N2O. The average Bonchev–Trinajstić information content (AvgIpc) is 2.51. The second-order valence-electron chi connectivity index (χ2n) is 6.77. The fourth-order valence-electron chi connectivity index (χ4n) is 3.08. The number of nitrogens with one attached hydrogen (secondary N) is 1. The number of aromatic hydroxyl groups is 1. The van der Waals surface area contributed by atoms with Crippen LogP contribution in [0.5, 0.6) is 5.75 Å². The summed E-state index contributed by atoms with van der Waals surface area (Å²) in [6, 6.07) is 8.21. The van der Waals surface area contributed by atoms with Crippen LogP contribution in [0.2, 0.25) is 0 Å². The Balaban J connectivity index is 2.12. The number of phenols is 1. The third-order valence-electron chi connectivity index (χ3n) is 5.33. The summed E-state index contributed by atoms with van der Waals surface area (Å²) >= 11 is 0. The predicted molar refractivity (Wildman–Crippen MR) is 88.5 cm³/mol. The Labute approximate surface area is 129 Å². The summed E-state index contributed by atoms with van der Waals surface area (Å²) in [7, 11) is 0. The van der Waals surface area contributed by atoms with Gasteiger partial charge in [-0.3, -0.25) is 4.90 Å². The lowest BCUT2D eigenvalue weighted by Crippen LogP contribution is -2.63. The van der Waals surface area contributed by atoms with Crippen LogP contribution in [0, 0.1) is 5.92 Å². The third-order valence-corrected chi connectivity index (χ3v) is 5.33. The number of hydrogen-bond donors (Lipinski definition) is 2. The zero-order valence-corrected chi connectivity index (χ0v) is 13.9. The van der Waals surface area contributed by atoms with Gasteiger partial charge in [-0.05, 0) is 37.0 Å². The van der Waals surface area contributed by atoms with Crippen LogP contribution >= 0.6 is 0 Å².